The molecule has 0 aliphatic heterocycles. The minimum absolute atomic E-state index is 0. The van der Waals surface area contributed by atoms with Gasteiger partial charge in [0.25, 0.3) is 0 Å². The zero-order valence-corrected chi connectivity index (χ0v) is 19.2. The molecule has 0 atom stereocenters. The van der Waals surface area contributed by atoms with Gasteiger partial charge in [0.05, 0.1) is 6.61 Å². The molecule has 28 heavy (non-hydrogen) atoms. The molecule has 1 heterocycles. The molecule has 0 saturated carbocycles. The summed E-state index contributed by atoms with van der Waals surface area (Å²) in [5.74, 6) is 1.65. The molecule has 0 aliphatic rings. The van der Waals surface area contributed by atoms with Crippen LogP contribution >= 0.6 is 24.0 Å². The van der Waals surface area contributed by atoms with E-state index in [4.69, 9.17) is 9.47 Å². The van der Waals surface area contributed by atoms with E-state index in [0.29, 0.717) is 26.4 Å². The number of pyridine rings is 1. The number of ether oxygens (including phenoxy) is 2. The Morgan fingerprint density at radius 3 is 2.75 bits per heavy atom. The lowest BCUT2D eigenvalue weighted by Crippen LogP contribution is -2.38. The first-order valence-corrected chi connectivity index (χ1v) is 9.36. The van der Waals surface area contributed by atoms with Crippen LogP contribution in [0.4, 0.5) is 0 Å². The lowest BCUT2D eigenvalue weighted by atomic mass is 10.1. The van der Waals surface area contributed by atoms with Crippen molar-refractivity contribution in [3.8, 4) is 5.75 Å². The number of guanidine groups is 1. The third-order valence-electron chi connectivity index (χ3n) is 4.01. The van der Waals surface area contributed by atoms with Gasteiger partial charge in [0.15, 0.2) is 5.96 Å². The molecule has 7 heteroatoms. The Balaban J connectivity index is 0.00000392. The molecule has 2 aromatic rings. The Bertz CT molecular complexity index is 711. The highest BCUT2D eigenvalue weighted by molar-refractivity contribution is 14.0. The highest BCUT2D eigenvalue weighted by atomic mass is 127. The molecular weight excluding hydrogens is 467 g/mol. The molecule has 0 spiro atoms. The Labute approximate surface area is 185 Å². The molecule has 0 unspecified atom stereocenters. The van der Waals surface area contributed by atoms with Crippen LogP contribution in [0.5, 0.6) is 5.75 Å². The second-order valence-electron chi connectivity index (χ2n) is 6.12. The van der Waals surface area contributed by atoms with Crippen molar-refractivity contribution in [2.45, 2.75) is 26.8 Å². The van der Waals surface area contributed by atoms with E-state index >= 15 is 0 Å². The van der Waals surface area contributed by atoms with E-state index in [-0.39, 0.29) is 24.0 Å². The molecule has 1 aromatic heterocycles. The lowest BCUT2D eigenvalue weighted by molar-refractivity contribution is 0.110. The standard InChI is InChI=1S/C21H30N4O2.HI/c1-4-26-12-13-27-20-14-17(2)7-8-19(20)16-25-21(22-3)24-11-9-18-6-5-10-23-15-18;/h5-8,10,14-15H,4,9,11-13,16H2,1-3H3,(H2,22,24,25);1H. The van der Waals surface area contributed by atoms with E-state index in [1.54, 1.807) is 13.2 Å². The number of nitrogens with one attached hydrogen (secondary N) is 2. The quantitative estimate of drug-likeness (QED) is 0.228. The van der Waals surface area contributed by atoms with Crippen LogP contribution < -0.4 is 15.4 Å². The second-order valence-corrected chi connectivity index (χ2v) is 6.12. The molecule has 0 saturated heterocycles. The van der Waals surface area contributed by atoms with Crippen molar-refractivity contribution in [1.29, 1.82) is 0 Å². The zero-order chi connectivity index (χ0) is 19.3. The van der Waals surface area contributed by atoms with Gasteiger partial charge in [0, 0.05) is 44.7 Å². The molecule has 0 fully saturated rings. The van der Waals surface area contributed by atoms with E-state index in [0.717, 1.165) is 30.2 Å². The molecule has 2 rings (SSSR count). The fraction of sp³-hybridized carbons (Fsp3) is 0.429. The molecule has 0 aliphatic carbocycles. The van der Waals surface area contributed by atoms with Crippen molar-refractivity contribution in [2.24, 2.45) is 4.99 Å². The number of aromatic nitrogens is 1. The van der Waals surface area contributed by atoms with Gasteiger partial charge in [-0.25, -0.2) is 0 Å². The van der Waals surface area contributed by atoms with E-state index in [1.807, 2.05) is 19.2 Å². The molecule has 2 N–H and O–H groups in total. The molecule has 154 valence electrons. The second kappa shape index (κ2) is 14.2. The fourth-order valence-electron chi connectivity index (χ4n) is 2.57. The first-order valence-electron chi connectivity index (χ1n) is 9.36. The van der Waals surface area contributed by atoms with E-state index in [2.05, 4.69) is 51.8 Å². The Morgan fingerprint density at radius 1 is 1.18 bits per heavy atom. The third-order valence-corrected chi connectivity index (χ3v) is 4.01. The van der Waals surface area contributed by atoms with Gasteiger partial charge in [0.1, 0.15) is 12.4 Å². The third kappa shape index (κ3) is 8.88. The van der Waals surface area contributed by atoms with Crippen LogP contribution in [0.1, 0.15) is 23.6 Å². The molecule has 0 radical (unpaired) electrons. The summed E-state index contributed by atoms with van der Waals surface area (Å²) in [7, 11) is 1.77. The molecule has 1 aromatic carbocycles. The first-order chi connectivity index (χ1) is 13.2. The average molecular weight is 498 g/mol. The van der Waals surface area contributed by atoms with Crippen LogP contribution in [-0.4, -0.2) is 44.4 Å². The van der Waals surface area contributed by atoms with E-state index in [1.165, 1.54) is 11.1 Å². The summed E-state index contributed by atoms with van der Waals surface area (Å²) in [6.07, 6.45) is 4.56. The van der Waals surface area contributed by atoms with Gasteiger partial charge in [-0.2, -0.15) is 0 Å². The van der Waals surface area contributed by atoms with Crippen molar-refractivity contribution in [3.05, 3.63) is 59.4 Å². The summed E-state index contributed by atoms with van der Waals surface area (Å²) < 4.78 is 11.2. The summed E-state index contributed by atoms with van der Waals surface area (Å²) in [5, 5.41) is 6.67. The summed E-state index contributed by atoms with van der Waals surface area (Å²) in [6.45, 7) is 7.30. The van der Waals surface area contributed by atoms with Crippen molar-refractivity contribution in [3.63, 3.8) is 0 Å². The number of rotatable bonds is 10. The number of aliphatic imine (C=N–C) groups is 1. The maximum atomic E-state index is 5.89. The Kier molecular flexibility index (Phi) is 12.2. The normalized spacial score (nSPS) is 10.9. The smallest absolute Gasteiger partial charge is 0.191 e. The predicted octanol–water partition coefficient (Wildman–Crippen LogP) is 3.33. The maximum Gasteiger partial charge on any atom is 0.191 e. The number of hydrogen-bond donors (Lipinski definition) is 2. The van der Waals surface area contributed by atoms with Crippen molar-refractivity contribution >= 4 is 29.9 Å². The van der Waals surface area contributed by atoms with Crippen molar-refractivity contribution in [2.75, 3.05) is 33.4 Å². The zero-order valence-electron chi connectivity index (χ0n) is 16.9. The lowest BCUT2D eigenvalue weighted by Gasteiger charge is -2.15. The molecule has 6 nitrogen and oxygen atoms in total. The van der Waals surface area contributed by atoms with Crippen molar-refractivity contribution < 1.29 is 9.47 Å². The van der Waals surface area contributed by atoms with Gasteiger partial charge in [-0.05, 0) is 43.5 Å². The highest BCUT2D eigenvalue weighted by Gasteiger charge is 2.06. The number of aryl methyl sites for hydroxylation is 1. The maximum absolute atomic E-state index is 5.89. The van der Waals surface area contributed by atoms with E-state index < -0.39 is 0 Å². The summed E-state index contributed by atoms with van der Waals surface area (Å²) in [5.41, 5.74) is 3.46. The molecular formula is C21H31IN4O2. The highest BCUT2D eigenvalue weighted by Crippen LogP contribution is 2.20. The number of benzene rings is 1. The van der Waals surface area contributed by atoms with Crippen LogP contribution in [0.15, 0.2) is 47.7 Å². The van der Waals surface area contributed by atoms with Gasteiger partial charge >= 0.3 is 0 Å². The predicted molar refractivity (Wildman–Crippen MR) is 125 cm³/mol. The Morgan fingerprint density at radius 2 is 2.04 bits per heavy atom. The fourth-order valence-corrected chi connectivity index (χ4v) is 2.57. The van der Waals surface area contributed by atoms with Crippen LogP contribution in [0.3, 0.4) is 0 Å². The van der Waals surface area contributed by atoms with E-state index in [9.17, 15) is 0 Å². The number of nitrogens with zero attached hydrogens (tertiary/aromatic N) is 2. The minimum Gasteiger partial charge on any atom is -0.491 e. The van der Waals surface area contributed by atoms with Crippen LogP contribution in [0.25, 0.3) is 0 Å². The summed E-state index contributed by atoms with van der Waals surface area (Å²) in [4.78, 5) is 8.42. The summed E-state index contributed by atoms with van der Waals surface area (Å²) >= 11 is 0. The average Bonchev–Trinajstić information content (AvgIpc) is 2.69. The first kappa shape index (κ1) is 24.2. The van der Waals surface area contributed by atoms with Gasteiger partial charge in [-0.15, -0.1) is 24.0 Å². The summed E-state index contributed by atoms with van der Waals surface area (Å²) in [6, 6.07) is 10.3. The van der Waals surface area contributed by atoms with Gasteiger partial charge in [-0.1, -0.05) is 18.2 Å². The van der Waals surface area contributed by atoms with Crippen molar-refractivity contribution in [1.82, 2.24) is 15.6 Å². The van der Waals surface area contributed by atoms with Gasteiger partial charge < -0.3 is 20.1 Å². The SMILES string of the molecule is CCOCCOc1cc(C)ccc1CNC(=NC)NCCc1cccnc1.I. The van der Waals surface area contributed by atoms with Crippen LogP contribution in [-0.2, 0) is 17.7 Å². The topological polar surface area (TPSA) is 67.8 Å². The number of hydrogen-bond acceptors (Lipinski definition) is 4. The largest absolute Gasteiger partial charge is 0.491 e. The number of halogens is 1. The molecule has 0 amide bonds. The molecule has 0 bridgehead atoms. The van der Waals surface area contributed by atoms with Gasteiger partial charge in [-0.3, -0.25) is 9.98 Å². The van der Waals surface area contributed by atoms with Crippen LogP contribution in [0.2, 0.25) is 0 Å². The van der Waals surface area contributed by atoms with Gasteiger partial charge in [0.2, 0.25) is 0 Å². The van der Waals surface area contributed by atoms with Crippen LogP contribution in [0, 0.1) is 6.92 Å². The monoisotopic (exact) mass is 498 g/mol. The minimum atomic E-state index is 0. The Hall–Kier alpha value is -1.87.